The smallest absolute Gasteiger partial charge is 0.0468 e. The third-order valence-corrected chi connectivity index (χ3v) is 3.20. The van der Waals surface area contributed by atoms with E-state index in [9.17, 15) is 0 Å². The molecule has 0 aromatic rings. The van der Waals surface area contributed by atoms with Crippen molar-refractivity contribution in [3.63, 3.8) is 0 Å². The molecule has 0 aromatic heterocycles. The minimum absolute atomic E-state index is 0.845. The van der Waals surface area contributed by atoms with Crippen molar-refractivity contribution in [2.24, 2.45) is 17.8 Å². The van der Waals surface area contributed by atoms with Crippen LogP contribution in [0.15, 0.2) is 0 Å². The second-order valence-electron chi connectivity index (χ2n) is 4.27. The van der Waals surface area contributed by atoms with E-state index in [4.69, 9.17) is 4.74 Å². The lowest BCUT2D eigenvalue weighted by atomic mass is 9.78. The van der Waals surface area contributed by atoms with Crippen LogP contribution >= 0.6 is 0 Å². The van der Waals surface area contributed by atoms with E-state index in [1.807, 2.05) is 0 Å². The predicted molar refractivity (Wildman–Crippen MR) is 52.2 cm³/mol. The van der Waals surface area contributed by atoms with E-state index in [-0.39, 0.29) is 0 Å². The molecule has 0 aliphatic carbocycles. The summed E-state index contributed by atoms with van der Waals surface area (Å²) in [5, 5.41) is 0. The summed E-state index contributed by atoms with van der Waals surface area (Å²) in [6.45, 7) is 9.01. The van der Waals surface area contributed by atoms with Crippen LogP contribution in [0.25, 0.3) is 0 Å². The second kappa shape index (κ2) is 4.86. The van der Waals surface area contributed by atoms with Crippen molar-refractivity contribution in [2.45, 2.75) is 40.0 Å². The average Bonchev–Trinajstić information content (AvgIpc) is 2.07. The molecule has 1 unspecified atom stereocenters. The van der Waals surface area contributed by atoms with Crippen LogP contribution < -0.4 is 0 Å². The van der Waals surface area contributed by atoms with Gasteiger partial charge in [0.05, 0.1) is 0 Å². The molecule has 0 spiro atoms. The van der Waals surface area contributed by atoms with Crippen LogP contribution in [0.5, 0.6) is 0 Å². The number of hydrogen-bond donors (Lipinski definition) is 0. The molecule has 1 heterocycles. The largest absolute Gasteiger partial charge is 0.381 e. The fourth-order valence-electron chi connectivity index (χ4n) is 2.49. The Labute approximate surface area is 76.5 Å². The van der Waals surface area contributed by atoms with Crippen LogP contribution in [0, 0.1) is 17.8 Å². The molecule has 12 heavy (non-hydrogen) atoms. The van der Waals surface area contributed by atoms with Crippen molar-refractivity contribution >= 4 is 0 Å². The Morgan fingerprint density at radius 3 is 2.25 bits per heavy atom. The fraction of sp³-hybridized carbons (Fsp3) is 1.00. The highest BCUT2D eigenvalue weighted by Gasteiger charge is 2.24. The van der Waals surface area contributed by atoms with Gasteiger partial charge < -0.3 is 4.74 Å². The highest BCUT2D eigenvalue weighted by Crippen LogP contribution is 2.31. The van der Waals surface area contributed by atoms with Crippen LogP contribution in [0.4, 0.5) is 0 Å². The summed E-state index contributed by atoms with van der Waals surface area (Å²) in [6, 6.07) is 0. The maximum Gasteiger partial charge on any atom is 0.0468 e. The van der Waals surface area contributed by atoms with Gasteiger partial charge in [0.25, 0.3) is 0 Å². The van der Waals surface area contributed by atoms with Crippen LogP contribution in [-0.2, 0) is 4.74 Å². The molecular formula is C11H22O. The van der Waals surface area contributed by atoms with Crippen molar-refractivity contribution in [1.29, 1.82) is 0 Å². The van der Waals surface area contributed by atoms with Gasteiger partial charge in [0, 0.05) is 13.2 Å². The summed E-state index contributed by atoms with van der Waals surface area (Å²) >= 11 is 0. The maximum absolute atomic E-state index is 5.37. The van der Waals surface area contributed by atoms with Gasteiger partial charge in [-0.2, -0.15) is 0 Å². The molecule has 1 fully saturated rings. The van der Waals surface area contributed by atoms with Gasteiger partial charge >= 0.3 is 0 Å². The minimum atomic E-state index is 0.845. The molecular weight excluding hydrogens is 148 g/mol. The van der Waals surface area contributed by atoms with E-state index in [2.05, 4.69) is 20.8 Å². The molecule has 0 radical (unpaired) electrons. The lowest BCUT2D eigenvalue weighted by molar-refractivity contribution is 0.0365. The summed E-state index contributed by atoms with van der Waals surface area (Å²) in [5.41, 5.74) is 0. The molecule has 72 valence electrons. The molecule has 0 N–H and O–H groups in total. The number of rotatable bonds is 3. The first kappa shape index (κ1) is 10.0. The predicted octanol–water partition coefficient (Wildman–Crippen LogP) is 3.10. The molecule has 0 saturated carbocycles. The Kier molecular flexibility index (Phi) is 4.07. The van der Waals surface area contributed by atoms with Gasteiger partial charge in [-0.25, -0.2) is 0 Å². The Morgan fingerprint density at radius 2 is 1.83 bits per heavy atom. The fourth-order valence-corrected chi connectivity index (χ4v) is 2.49. The van der Waals surface area contributed by atoms with Gasteiger partial charge in [-0.05, 0) is 30.6 Å². The molecule has 1 saturated heterocycles. The molecule has 0 amide bonds. The molecule has 0 aromatic carbocycles. The third kappa shape index (κ3) is 2.48. The Hall–Kier alpha value is -0.0400. The summed E-state index contributed by atoms with van der Waals surface area (Å²) < 4.78 is 5.37. The van der Waals surface area contributed by atoms with E-state index in [1.165, 1.54) is 19.3 Å². The number of hydrogen-bond acceptors (Lipinski definition) is 1. The standard InChI is InChI=1S/C11H22O/c1-4-11(9(2)3)10-5-7-12-8-6-10/h9-11H,4-8H2,1-3H3. The van der Waals surface area contributed by atoms with Crippen molar-refractivity contribution in [2.75, 3.05) is 13.2 Å². The Balaban J connectivity index is 2.40. The van der Waals surface area contributed by atoms with Crippen LogP contribution in [0.1, 0.15) is 40.0 Å². The van der Waals surface area contributed by atoms with Crippen molar-refractivity contribution in [3.05, 3.63) is 0 Å². The first-order valence-electron chi connectivity index (χ1n) is 5.33. The summed E-state index contributed by atoms with van der Waals surface area (Å²) in [5.74, 6) is 2.70. The lowest BCUT2D eigenvalue weighted by Gasteiger charge is -2.32. The van der Waals surface area contributed by atoms with Gasteiger partial charge in [-0.1, -0.05) is 27.2 Å². The molecule has 1 aliphatic rings. The first-order chi connectivity index (χ1) is 5.75. The molecule has 1 atom stereocenters. The number of ether oxygens (including phenoxy) is 1. The summed E-state index contributed by atoms with van der Waals surface area (Å²) in [6.07, 6.45) is 3.91. The van der Waals surface area contributed by atoms with Crippen molar-refractivity contribution in [1.82, 2.24) is 0 Å². The van der Waals surface area contributed by atoms with Crippen molar-refractivity contribution in [3.8, 4) is 0 Å². The normalized spacial score (nSPS) is 23.0. The summed E-state index contributed by atoms with van der Waals surface area (Å²) in [7, 11) is 0. The molecule has 1 nitrogen and oxygen atoms in total. The highest BCUT2D eigenvalue weighted by molar-refractivity contribution is 4.74. The van der Waals surface area contributed by atoms with E-state index >= 15 is 0 Å². The average molecular weight is 170 g/mol. The van der Waals surface area contributed by atoms with Gasteiger partial charge in [-0.3, -0.25) is 0 Å². The Morgan fingerprint density at radius 1 is 1.25 bits per heavy atom. The van der Waals surface area contributed by atoms with Crippen LogP contribution in [-0.4, -0.2) is 13.2 Å². The molecule has 1 rings (SSSR count). The summed E-state index contributed by atoms with van der Waals surface area (Å²) in [4.78, 5) is 0. The van der Waals surface area contributed by atoms with Gasteiger partial charge in [-0.15, -0.1) is 0 Å². The van der Waals surface area contributed by atoms with E-state index in [0.717, 1.165) is 31.0 Å². The van der Waals surface area contributed by atoms with E-state index < -0.39 is 0 Å². The zero-order valence-electron chi connectivity index (χ0n) is 8.68. The lowest BCUT2D eigenvalue weighted by Crippen LogP contribution is -2.26. The van der Waals surface area contributed by atoms with Gasteiger partial charge in [0.15, 0.2) is 0 Å². The molecule has 0 bridgehead atoms. The van der Waals surface area contributed by atoms with E-state index in [0.29, 0.717) is 0 Å². The third-order valence-electron chi connectivity index (χ3n) is 3.20. The molecule has 1 aliphatic heterocycles. The zero-order chi connectivity index (χ0) is 8.97. The van der Waals surface area contributed by atoms with Crippen LogP contribution in [0.3, 0.4) is 0 Å². The van der Waals surface area contributed by atoms with Gasteiger partial charge in [0.1, 0.15) is 0 Å². The quantitative estimate of drug-likeness (QED) is 0.632. The van der Waals surface area contributed by atoms with Crippen LogP contribution in [0.2, 0.25) is 0 Å². The highest BCUT2D eigenvalue weighted by atomic mass is 16.5. The SMILES string of the molecule is CCC(C(C)C)C1CCOCC1. The van der Waals surface area contributed by atoms with Gasteiger partial charge in [0.2, 0.25) is 0 Å². The van der Waals surface area contributed by atoms with E-state index in [1.54, 1.807) is 0 Å². The second-order valence-corrected chi connectivity index (χ2v) is 4.27. The zero-order valence-corrected chi connectivity index (χ0v) is 8.68. The minimum Gasteiger partial charge on any atom is -0.381 e. The monoisotopic (exact) mass is 170 g/mol. The van der Waals surface area contributed by atoms with Crippen molar-refractivity contribution < 1.29 is 4.74 Å². The molecule has 1 heteroatoms. The topological polar surface area (TPSA) is 9.23 Å². The Bertz CT molecular complexity index is 114. The first-order valence-corrected chi connectivity index (χ1v) is 5.33. The maximum atomic E-state index is 5.37.